The normalized spacial score (nSPS) is 10.1. The van der Waals surface area contributed by atoms with E-state index in [4.69, 9.17) is 5.26 Å². The molecule has 0 fully saturated rings. The van der Waals surface area contributed by atoms with E-state index in [1.807, 2.05) is 0 Å². The first-order valence-corrected chi connectivity index (χ1v) is 3.44. The Morgan fingerprint density at radius 1 is 1.62 bits per heavy atom. The van der Waals surface area contributed by atoms with E-state index in [0.29, 0.717) is 0 Å². The van der Waals surface area contributed by atoms with Gasteiger partial charge in [0.25, 0.3) is 6.43 Å². The van der Waals surface area contributed by atoms with E-state index in [-0.39, 0.29) is 11.1 Å². The molecular formula is C8H6F2N2O. The van der Waals surface area contributed by atoms with E-state index in [0.717, 1.165) is 6.20 Å². The highest BCUT2D eigenvalue weighted by atomic mass is 19.3. The highest BCUT2D eigenvalue weighted by Gasteiger charge is 2.17. The van der Waals surface area contributed by atoms with Crippen molar-refractivity contribution in [2.24, 2.45) is 0 Å². The lowest BCUT2D eigenvalue weighted by Gasteiger charge is -2.05. The second-order valence-electron chi connectivity index (χ2n) is 2.44. The monoisotopic (exact) mass is 184 g/mol. The molecule has 68 valence electrons. The predicted octanol–water partition coefficient (Wildman–Crippen LogP) is 1.90. The molecule has 0 bridgehead atoms. The molecule has 1 aromatic heterocycles. The highest BCUT2D eigenvalue weighted by molar-refractivity contribution is 5.46. The van der Waals surface area contributed by atoms with Crippen LogP contribution in [0.1, 0.15) is 23.2 Å². The van der Waals surface area contributed by atoms with Gasteiger partial charge in [-0.15, -0.1) is 0 Å². The fraction of sp³-hybridized carbons (Fsp3) is 0.250. The van der Waals surface area contributed by atoms with Gasteiger partial charge in [-0.25, -0.2) is 13.8 Å². The minimum Gasteiger partial charge on any atom is -0.505 e. The molecule has 1 aromatic rings. The summed E-state index contributed by atoms with van der Waals surface area (Å²) >= 11 is 0. The van der Waals surface area contributed by atoms with Crippen LogP contribution in [0, 0.1) is 18.3 Å². The highest BCUT2D eigenvalue weighted by Crippen LogP contribution is 2.29. The minimum absolute atomic E-state index is 0.0990. The van der Waals surface area contributed by atoms with Gasteiger partial charge < -0.3 is 5.11 Å². The van der Waals surface area contributed by atoms with Crippen LogP contribution in [0.25, 0.3) is 0 Å². The molecule has 0 unspecified atom stereocenters. The van der Waals surface area contributed by atoms with E-state index in [2.05, 4.69) is 4.98 Å². The molecule has 0 spiro atoms. The van der Waals surface area contributed by atoms with Crippen LogP contribution in [-0.2, 0) is 0 Å². The Morgan fingerprint density at radius 2 is 2.23 bits per heavy atom. The number of hydrogen-bond acceptors (Lipinski definition) is 3. The maximum absolute atomic E-state index is 12.1. The van der Waals surface area contributed by atoms with Crippen LogP contribution in [0.3, 0.4) is 0 Å². The molecule has 1 heterocycles. The van der Waals surface area contributed by atoms with Gasteiger partial charge in [-0.05, 0) is 6.92 Å². The molecule has 3 nitrogen and oxygen atoms in total. The van der Waals surface area contributed by atoms with E-state index >= 15 is 0 Å². The lowest BCUT2D eigenvalue weighted by Crippen LogP contribution is -1.95. The topological polar surface area (TPSA) is 56.9 Å². The van der Waals surface area contributed by atoms with Crippen molar-refractivity contribution >= 4 is 0 Å². The summed E-state index contributed by atoms with van der Waals surface area (Å²) in [5, 5.41) is 17.7. The SMILES string of the molecule is Cc1c(C#N)cnc(C(F)F)c1O. The van der Waals surface area contributed by atoms with Gasteiger partial charge in [0, 0.05) is 11.8 Å². The molecule has 5 heteroatoms. The average Bonchev–Trinajstić information content (AvgIpc) is 2.09. The number of aromatic nitrogens is 1. The first kappa shape index (κ1) is 9.39. The van der Waals surface area contributed by atoms with Crippen molar-refractivity contribution in [3.05, 3.63) is 23.0 Å². The molecule has 1 rings (SSSR count). The van der Waals surface area contributed by atoms with E-state index < -0.39 is 17.9 Å². The van der Waals surface area contributed by atoms with Gasteiger partial charge in [-0.1, -0.05) is 0 Å². The molecule has 0 aromatic carbocycles. The van der Waals surface area contributed by atoms with Crippen LogP contribution in [0.2, 0.25) is 0 Å². The standard InChI is InChI=1S/C8H6F2N2O/c1-4-5(2-11)3-12-6(7(4)13)8(9)10/h3,8,13H,1H3. The van der Waals surface area contributed by atoms with Crippen molar-refractivity contribution in [1.29, 1.82) is 5.26 Å². The zero-order valence-corrected chi connectivity index (χ0v) is 6.75. The second-order valence-corrected chi connectivity index (χ2v) is 2.44. The van der Waals surface area contributed by atoms with Crippen LogP contribution in [0.5, 0.6) is 5.75 Å². The number of nitrogens with zero attached hydrogens (tertiary/aromatic N) is 2. The fourth-order valence-electron chi connectivity index (χ4n) is 0.884. The van der Waals surface area contributed by atoms with Gasteiger partial charge in [-0.3, -0.25) is 0 Å². The molecular weight excluding hydrogens is 178 g/mol. The molecule has 0 aliphatic heterocycles. The summed E-state index contributed by atoms with van der Waals surface area (Å²) in [6, 6.07) is 1.73. The van der Waals surface area contributed by atoms with E-state index in [9.17, 15) is 13.9 Å². The minimum atomic E-state index is -2.83. The van der Waals surface area contributed by atoms with Gasteiger partial charge in [0.05, 0.1) is 5.56 Å². The Balaban J connectivity index is 3.33. The Morgan fingerprint density at radius 3 is 2.69 bits per heavy atom. The summed E-state index contributed by atoms with van der Waals surface area (Å²) < 4.78 is 24.3. The zero-order chi connectivity index (χ0) is 10.0. The van der Waals surface area contributed by atoms with Crippen molar-refractivity contribution in [1.82, 2.24) is 4.98 Å². The molecule has 0 aliphatic rings. The Hall–Kier alpha value is -1.70. The average molecular weight is 184 g/mol. The van der Waals surface area contributed by atoms with Crippen LogP contribution >= 0.6 is 0 Å². The molecule has 13 heavy (non-hydrogen) atoms. The molecule has 0 radical (unpaired) electrons. The predicted molar refractivity (Wildman–Crippen MR) is 40.3 cm³/mol. The van der Waals surface area contributed by atoms with Crippen molar-refractivity contribution in [3.8, 4) is 11.8 Å². The molecule has 0 atom stereocenters. The molecule has 0 saturated carbocycles. The molecule has 0 amide bonds. The first-order chi connectivity index (χ1) is 6.07. The fourth-order valence-corrected chi connectivity index (χ4v) is 0.884. The third kappa shape index (κ3) is 1.56. The van der Waals surface area contributed by atoms with Crippen LogP contribution in [0.15, 0.2) is 6.20 Å². The summed E-state index contributed by atoms with van der Waals surface area (Å²) in [6.45, 7) is 1.39. The largest absolute Gasteiger partial charge is 0.505 e. The van der Waals surface area contributed by atoms with Crippen LogP contribution in [0.4, 0.5) is 8.78 Å². The molecule has 0 aliphatic carbocycles. The number of aromatic hydroxyl groups is 1. The summed E-state index contributed by atoms with van der Waals surface area (Å²) in [4.78, 5) is 3.29. The molecule has 1 N–H and O–H groups in total. The summed E-state index contributed by atoms with van der Waals surface area (Å²) in [5.41, 5.74) is -0.453. The van der Waals surface area contributed by atoms with Gasteiger partial charge in [-0.2, -0.15) is 5.26 Å². The lowest BCUT2D eigenvalue weighted by molar-refractivity contribution is 0.141. The number of alkyl halides is 2. The zero-order valence-electron chi connectivity index (χ0n) is 6.75. The van der Waals surface area contributed by atoms with Gasteiger partial charge in [0.2, 0.25) is 0 Å². The quantitative estimate of drug-likeness (QED) is 0.725. The van der Waals surface area contributed by atoms with Crippen molar-refractivity contribution < 1.29 is 13.9 Å². The summed E-state index contributed by atoms with van der Waals surface area (Å²) in [7, 11) is 0. The van der Waals surface area contributed by atoms with Crippen molar-refractivity contribution in [3.63, 3.8) is 0 Å². The summed E-state index contributed by atoms with van der Waals surface area (Å²) in [5.74, 6) is -0.603. The lowest BCUT2D eigenvalue weighted by atomic mass is 10.1. The smallest absolute Gasteiger partial charge is 0.284 e. The van der Waals surface area contributed by atoms with Gasteiger partial charge in [0.1, 0.15) is 17.5 Å². The number of nitriles is 1. The Kier molecular flexibility index (Phi) is 2.42. The second kappa shape index (κ2) is 3.35. The van der Waals surface area contributed by atoms with Crippen molar-refractivity contribution in [2.45, 2.75) is 13.3 Å². The third-order valence-electron chi connectivity index (χ3n) is 1.66. The van der Waals surface area contributed by atoms with Gasteiger partial charge in [0.15, 0.2) is 0 Å². The summed E-state index contributed by atoms with van der Waals surface area (Å²) in [6.07, 6.45) is -1.80. The van der Waals surface area contributed by atoms with E-state index in [1.54, 1.807) is 6.07 Å². The number of halogens is 2. The van der Waals surface area contributed by atoms with E-state index in [1.165, 1.54) is 6.92 Å². The first-order valence-electron chi connectivity index (χ1n) is 3.44. The van der Waals surface area contributed by atoms with Gasteiger partial charge >= 0.3 is 0 Å². The molecule has 0 saturated heterocycles. The third-order valence-corrected chi connectivity index (χ3v) is 1.66. The number of hydrogen-bond donors (Lipinski definition) is 1. The maximum atomic E-state index is 12.1. The van der Waals surface area contributed by atoms with Crippen LogP contribution < -0.4 is 0 Å². The Labute approximate surface area is 73.3 Å². The number of rotatable bonds is 1. The maximum Gasteiger partial charge on any atom is 0.284 e. The van der Waals surface area contributed by atoms with Crippen molar-refractivity contribution in [2.75, 3.05) is 0 Å². The van der Waals surface area contributed by atoms with Crippen LogP contribution in [-0.4, -0.2) is 10.1 Å². The Bertz CT molecular complexity index is 371. The number of pyridine rings is 1.